The summed E-state index contributed by atoms with van der Waals surface area (Å²) in [5.74, 6) is 0.223. The van der Waals surface area contributed by atoms with E-state index in [0.29, 0.717) is 11.6 Å². The van der Waals surface area contributed by atoms with Gasteiger partial charge in [0, 0.05) is 18.7 Å². The van der Waals surface area contributed by atoms with Gasteiger partial charge in [-0.25, -0.2) is 4.98 Å². The normalized spacial score (nSPS) is 19.1. The van der Waals surface area contributed by atoms with Gasteiger partial charge in [0.05, 0.1) is 7.11 Å². The largest absolute Gasteiger partial charge is 0.480 e. The first-order valence-electron chi connectivity index (χ1n) is 9.06. The number of carbonyl (C=O) groups is 2. The Kier molecular flexibility index (Phi) is 5.17. The Morgan fingerprint density at radius 2 is 2.00 bits per heavy atom. The average molecular weight is 367 g/mol. The highest BCUT2D eigenvalue weighted by Gasteiger charge is 2.48. The fourth-order valence-electron chi connectivity index (χ4n) is 3.58. The number of pyridine rings is 1. The zero-order valence-electron chi connectivity index (χ0n) is 16.1. The van der Waals surface area contributed by atoms with Crippen molar-refractivity contribution in [2.75, 3.05) is 19.0 Å². The van der Waals surface area contributed by atoms with Crippen molar-refractivity contribution in [3.8, 4) is 5.88 Å². The summed E-state index contributed by atoms with van der Waals surface area (Å²) >= 11 is 0. The lowest BCUT2D eigenvalue weighted by molar-refractivity contribution is -0.124. The molecule has 0 aliphatic carbocycles. The SMILES string of the molecule is COc1nc(C)ccc1NC(=O)C1(c2ccccc2C(C)C)CNC(=O)C1. The number of amides is 2. The standard InChI is InChI=1S/C21H25N3O3/c1-13(2)15-7-5-6-8-16(15)21(11-18(25)22-12-21)20(26)24-17-10-9-14(3)23-19(17)27-4/h5-10,13H,11-12H2,1-4H3,(H,22,25)(H,24,26). The molecule has 1 aliphatic heterocycles. The van der Waals surface area contributed by atoms with Gasteiger partial charge in [-0.3, -0.25) is 9.59 Å². The lowest BCUT2D eigenvalue weighted by atomic mass is 9.74. The van der Waals surface area contributed by atoms with Crippen molar-refractivity contribution in [3.63, 3.8) is 0 Å². The highest BCUT2D eigenvalue weighted by atomic mass is 16.5. The third kappa shape index (κ3) is 3.52. The number of benzene rings is 1. The van der Waals surface area contributed by atoms with Crippen molar-refractivity contribution >= 4 is 17.5 Å². The van der Waals surface area contributed by atoms with Gasteiger partial charge >= 0.3 is 0 Å². The minimum Gasteiger partial charge on any atom is -0.480 e. The highest BCUT2D eigenvalue weighted by Crippen LogP contribution is 2.38. The summed E-state index contributed by atoms with van der Waals surface area (Å²) in [6, 6.07) is 11.4. The van der Waals surface area contributed by atoms with Crippen LogP contribution in [0.3, 0.4) is 0 Å². The smallest absolute Gasteiger partial charge is 0.237 e. The molecule has 1 fully saturated rings. The molecule has 1 aromatic heterocycles. The third-order valence-electron chi connectivity index (χ3n) is 5.02. The molecule has 1 unspecified atom stereocenters. The Morgan fingerprint density at radius 1 is 1.26 bits per heavy atom. The topological polar surface area (TPSA) is 80.3 Å². The second kappa shape index (κ2) is 7.39. The molecule has 142 valence electrons. The fraction of sp³-hybridized carbons (Fsp3) is 0.381. The van der Waals surface area contributed by atoms with Crippen LogP contribution in [0, 0.1) is 6.92 Å². The van der Waals surface area contributed by atoms with Gasteiger partial charge in [-0.1, -0.05) is 38.1 Å². The van der Waals surface area contributed by atoms with Gasteiger partial charge in [0.25, 0.3) is 0 Å². The van der Waals surface area contributed by atoms with Crippen LogP contribution in [-0.2, 0) is 15.0 Å². The zero-order valence-corrected chi connectivity index (χ0v) is 16.1. The Hall–Kier alpha value is -2.89. The fourth-order valence-corrected chi connectivity index (χ4v) is 3.58. The number of anilines is 1. The Balaban J connectivity index is 2.04. The number of methoxy groups -OCH3 is 1. The number of hydrogen-bond acceptors (Lipinski definition) is 4. The molecule has 2 heterocycles. The first kappa shape index (κ1) is 18.9. The van der Waals surface area contributed by atoms with E-state index in [-0.39, 0.29) is 30.7 Å². The number of aryl methyl sites for hydroxylation is 1. The van der Waals surface area contributed by atoms with Gasteiger partial charge in [0.15, 0.2) is 0 Å². The molecule has 0 bridgehead atoms. The van der Waals surface area contributed by atoms with Gasteiger partial charge in [0.1, 0.15) is 11.1 Å². The van der Waals surface area contributed by atoms with Gasteiger partial charge in [-0.2, -0.15) is 0 Å². The molecule has 6 nitrogen and oxygen atoms in total. The number of nitrogens with zero attached hydrogens (tertiary/aromatic N) is 1. The molecule has 3 rings (SSSR count). The van der Waals surface area contributed by atoms with Crippen LogP contribution in [0.5, 0.6) is 5.88 Å². The van der Waals surface area contributed by atoms with Crippen molar-refractivity contribution < 1.29 is 14.3 Å². The molecule has 0 spiro atoms. The minimum atomic E-state index is -0.964. The van der Waals surface area contributed by atoms with Crippen LogP contribution in [0.1, 0.15) is 43.0 Å². The molecule has 1 atom stereocenters. The predicted molar refractivity (Wildman–Crippen MR) is 104 cm³/mol. The molecule has 0 radical (unpaired) electrons. The quantitative estimate of drug-likeness (QED) is 0.851. The first-order valence-corrected chi connectivity index (χ1v) is 9.06. The number of ether oxygens (including phenoxy) is 1. The Morgan fingerprint density at radius 3 is 2.63 bits per heavy atom. The molecule has 0 saturated carbocycles. The van der Waals surface area contributed by atoms with E-state index < -0.39 is 5.41 Å². The first-order chi connectivity index (χ1) is 12.9. The van der Waals surface area contributed by atoms with Crippen LogP contribution in [0.2, 0.25) is 0 Å². The lowest BCUT2D eigenvalue weighted by Gasteiger charge is -2.30. The summed E-state index contributed by atoms with van der Waals surface area (Å²) < 4.78 is 5.30. The molecule has 2 amide bonds. The molecule has 2 aromatic rings. The van der Waals surface area contributed by atoms with Crippen LogP contribution in [0.15, 0.2) is 36.4 Å². The van der Waals surface area contributed by atoms with Gasteiger partial charge in [-0.15, -0.1) is 0 Å². The Labute approximate surface area is 159 Å². The number of hydrogen-bond donors (Lipinski definition) is 2. The van der Waals surface area contributed by atoms with Crippen molar-refractivity contribution in [2.45, 2.75) is 38.5 Å². The second-order valence-electron chi connectivity index (χ2n) is 7.24. The van der Waals surface area contributed by atoms with E-state index in [2.05, 4.69) is 29.5 Å². The molecule has 1 aliphatic rings. The summed E-state index contributed by atoms with van der Waals surface area (Å²) in [6.07, 6.45) is 0.115. The maximum Gasteiger partial charge on any atom is 0.237 e. The molecule has 1 aromatic carbocycles. The molecular weight excluding hydrogens is 342 g/mol. The Bertz CT molecular complexity index is 879. The van der Waals surface area contributed by atoms with Crippen molar-refractivity contribution in [1.82, 2.24) is 10.3 Å². The molecule has 1 saturated heterocycles. The van der Waals surface area contributed by atoms with Crippen LogP contribution < -0.4 is 15.4 Å². The van der Waals surface area contributed by atoms with E-state index in [4.69, 9.17) is 4.74 Å². The van der Waals surface area contributed by atoms with E-state index in [9.17, 15) is 9.59 Å². The van der Waals surface area contributed by atoms with E-state index in [1.54, 1.807) is 6.07 Å². The number of carbonyl (C=O) groups excluding carboxylic acids is 2. The van der Waals surface area contributed by atoms with Gasteiger partial charge in [-0.05, 0) is 36.1 Å². The van der Waals surface area contributed by atoms with E-state index in [0.717, 1.165) is 16.8 Å². The molecule has 27 heavy (non-hydrogen) atoms. The summed E-state index contributed by atoms with van der Waals surface area (Å²) in [4.78, 5) is 29.8. The summed E-state index contributed by atoms with van der Waals surface area (Å²) in [7, 11) is 1.52. The van der Waals surface area contributed by atoms with E-state index in [1.807, 2.05) is 37.3 Å². The van der Waals surface area contributed by atoms with Crippen molar-refractivity contribution in [1.29, 1.82) is 0 Å². The zero-order chi connectivity index (χ0) is 19.6. The summed E-state index contributed by atoms with van der Waals surface area (Å²) in [6.45, 7) is 6.29. The van der Waals surface area contributed by atoms with E-state index in [1.165, 1.54) is 7.11 Å². The summed E-state index contributed by atoms with van der Waals surface area (Å²) in [5.41, 5.74) is 2.28. The van der Waals surface area contributed by atoms with E-state index >= 15 is 0 Å². The van der Waals surface area contributed by atoms with Crippen LogP contribution in [0.25, 0.3) is 0 Å². The average Bonchev–Trinajstić information content (AvgIpc) is 3.06. The molecular formula is C21H25N3O3. The second-order valence-corrected chi connectivity index (χ2v) is 7.24. The predicted octanol–water partition coefficient (Wildman–Crippen LogP) is 2.92. The maximum absolute atomic E-state index is 13.4. The highest BCUT2D eigenvalue weighted by molar-refractivity contribution is 6.05. The maximum atomic E-state index is 13.4. The van der Waals surface area contributed by atoms with Crippen LogP contribution >= 0.6 is 0 Å². The summed E-state index contributed by atoms with van der Waals surface area (Å²) in [5, 5.41) is 5.77. The van der Waals surface area contributed by atoms with Crippen molar-refractivity contribution in [2.24, 2.45) is 0 Å². The number of nitrogens with one attached hydrogen (secondary N) is 2. The third-order valence-corrected chi connectivity index (χ3v) is 5.02. The molecule has 6 heteroatoms. The van der Waals surface area contributed by atoms with Crippen molar-refractivity contribution in [3.05, 3.63) is 53.2 Å². The molecule has 2 N–H and O–H groups in total. The monoisotopic (exact) mass is 367 g/mol. The van der Waals surface area contributed by atoms with Crippen LogP contribution in [-0.4, -0.2) is 30.5 Å². The lowest BCUT2D eigenvalue weighted by Crippen LogP contribution is -2.43. The van der Waals surface area contributed by atoms with Crippen LogP contribution in [0.4, 0.5) is 5.69 Å². The number of aromatic nitrogens is 1. The van der Waals surface area contributed by atoms with Gasteiger partial charge in [0.2, 0.25) is 17.7 Å². The minimum absolute atomic E-state index is 0.115. The number of rotatable bonds is 5. The van der Waals surface area contributed by atoms with Gasteiger partial charge < -0.3 is 15.4 Å².